The average Bonchev–Trinajstić information content (AvgIpc) is 3.30. The number of anilines is 1. The van der Waals surface area contributed by atoms with E-state index in [9.17, 15) is 14.4 Å². The molecule has 0 atom stereocenters. The van der Waals surface area contributed by atoms with Crippen molar-refractivity contribution in [3.63, 3.8) is 0 Å². The lowest BCUT2D eigenvalue weighted by Gasteiger charge is -2.12. The summed E-state index contributed by atoms with van der Waals surface area (Å²) < 4.78 is 0. The summed E-state index contributed by atoms with van der Waals surface area (Å²) in [4.78, 5) is 38.8. The van der Waals surface area contributed by atoms with Crippen LogP contribution in [0.1, 0.15) is 50.8 Å². The number of nitrogens with one attached hydrogen (secondary N) is 1. The van der Waals surface area contributed by atoms with Crippen molar-refractivity contribution >= 4 is 34.2 Å². The Kier molecular flexibility index (Phi) is 5.18. The highest BCUT2D eigenvalue weighted by molar-refractivity contribution is 7.18. The Bertz CT molecular complexity index is 1090. The van der Waals surface area contributed by atoms with Crippen LogP contribution < -0.4 is 5.32 Å². The summed E-state index contributed by atoms with van der Waals surface area (Å²) in [6.07, 6.45) is 1.63. The van der Waals surface area contributed by atoms with Crippen molar-refractivity contribution in [2.45, 2.75) is 19.8 Å². The molecule has 3 amide bonds. The summed E-state index contributed by atoms with van der Waals surface area (Å²) in [6, 6.07) is 14.1. The molecule has 3 aromatic rings. The van der Waals surface area contributed by atoms with Crippen molar-refractivity contribution in [1.82, 2.24) is 15.1 Å². The first-order valence-corrected chi connectivity index (χ1v) is 10.1. The van der Waals surface area contributed by atoms with Crippen LogP contribution in [0.15, 0.2) is 48.5 Å². The Balaban J connectivity index is 1.51. The molecule has 1 aromatic heterocycles. The first-order valence-electron chi connectivity index (χ1n) is 9.29. The molecule has 146 valence electrons. The molecule has 0 saturated carbocycles. The monoisotopic (exact) mass is 406 g/mol. The van der Waals surface area contributed by atoms with Crippen LogP contribution in [0.4, 0.5) is 5.13 Å². The number of benzene rings is 2. The van der Waals surface area contributed by atoms with Crippen molar-refractivity contribution < 1.29 is 14.4 Å². The first-order chi connectivity index (χ1) is 14.1. The van der Waals surface area contributed by atoms with E-state index in [1.165, 1.54) is 28.4 Å². The molecular weight excluding hydrogens is 388 g/mol. The van der Waals surface area contributed by atoms with Gasteiger partial charge in [0.15, 0.2) is 0 Å². The minimum absolute atomic E-state index is 0.265. The number of amides is 3. The summed E-state index contributed by atoms with van der Waals surface area (Å²) in [5, 5.41) is 11.9. The Morgan fingerprint density at radius 2 is 1.79 bits per heavy atom. The zero-order chi connectivity index (χ0) is 20.4. The molecule has 8 heteroatoms. The molecule has 4 rings (SSSR count). The number of nitrogens with zero attached hydrogens (tertiary/aromatic N) is 3. The molecule has 29 heavy (non-hydrogen) atoms. The summed E-state index contributed by atoms with van der Waals surface area (Å²) >= 11 is 1.26. The number of fused-ring (bicyclic) bond motifs is 1. The van der Waals surface area contributed by atoms with Crippen LogP contribution in [0.2, 0.25) is 0 Å². The molecule has 1 aliphatic heterocycles. The largest absolute Gasteiger partial charge is 0.296 e. The number of carbonyl (C=O) groups excluding carboxylic acids is 3. The van der Waals surface area contributed by atoms with Crippen molar-refractivity contribution in [3.8, 4) is 10.6 Å². The molecule has 0 saturated heterocycles. The normalized spacial score (nSPS) is 12.9. The Labute approximate surface area is 171 Å². The van der Waals surface area contributed by atoms with Gasteiger partial charge in [-0.05, 0) is 24.6 Å². The van der Waals surface area contributed by atoms with Gasteiger partial charge in [0.05, 0.1) is 11.1 Å². The fraction of sp³-hybridized carbons (Fsp3) is 0.190. The van der Waals surface area contributed by atoms with Crippen LogP contribution >= 0.6 is 11.3 Å². The van der Waals surface area contributed by atoms with Gasteiger partial charge in [0.25, 0.3) is 17.7 Å². The van der Waals surface area contributed by atoms with Crippen molar-refractivity contribution in [3.05, 3.63) is 65.2 Å². The lowest BCUT2D eigenvalue weighted by Crippen LogP contribution is -2.30. The molecule has 0 unspecified atom stereocenters. The molecule has 7 nitrogen and oxygen atoms in total. The number of rotatable bonds is 6. The fourth-order valence-corrected chi connectivity index (χ4v) is 3.84. The van der Waals surface area contributed by atoms with Crippen LogP contribution in [0.5, 0.6) is 0 Å². The van der Waals surface area contributed by atoms with Gasteiger partial charge in [-0.2, -0.15) is 0 Å². The molecule has 0 fully saturated rings. The van der Waals surface area contributed by atoms with E-state index in [2.05, 4.69) is 15.5 Å². The summed E-state index contributed by atoms with van der Waals surface area (Å²) in [5.74, 6) is -1.06. The molecule has 2 aromatic carbocycles. The second-order valence-electron chi connectivity index (χ2n) is 6.61. The van der Waals surface area contributed by atoms with Crippen LogP contribution in [0, 0.1) is 0 Å². The Morgan fingerprint density at radius 1 is 1.03 bits per heavy atom. The summed E-state index contributed by atoms with van der Waals surface area (Å²) in [5.41, 5.74) is 1.81. The number of unbranched alkanes of at least 4 members (excludes halogenated alkanes) is 1. The van der Waals surface area contributed by atoms with E-state index < -0.39 is 5.91 Å². The van der Waals surface area contributed by atoms with E-state index in [1.807, 2.05) is 37.3 Å². The summed E-state index contributed by atoms with van der Waals surface area (Å²) in [7, 11) is 0. The van der Waals surface area contributed by atoms with Crippen LogP contribution in [-0.2, 0) is 0 Å². The SMILES string of the molecule is CCCCN1C(=O)c2ccc(C(=O)Nc3nnc(-c4ccccc4)s3)cc2C1=O. The number of carbonyl (C=O) groups is 3. The molecule has 2 heterocycles. The molecule has 1 N–H and O–H groups in total. The van der Waals surface area contributed by atoms with Gasteiger partial charge in [0.1, 0.15) is 5.01 Å². The maximum atomic E-state index is 12.6. The number of hydrogen-bond donors (Lipinski definition) is 1. The quantitative estimate of drug-likeness (QED) is 0.628. The smallest absolute Gasteiger partial charge is 0.261 e. The molecule has 0 aliphatic carbocycles. The molecular formula is C21H18N4O3S. The van der Waals surface area contributed by atoms with E-state index >= 15 is 0 Å². The number of hydrogen-bond acceptors (Lipinski definition) is 6. The van der Waals surface area contributed by atoms with Gasteiger partial charge in [-0.1, -0.05) is 55.0 Å². The number of imide groups is 1. The van der Waals surface area contributed by atoms with Crippen molar-refractivity contribution in [2.75, 3.05) is 11.9 Å². The highest BCUT2D eigenvalue weighted by atomic mass is 32.1. The second-order valence-corrected chi connectivity index (χ2v) is 7.59. The Hall–Kier alpha value is -3.39. The highest BCUT2D eigenvalue weighted by Crippen LogP contribution is 2.27. The maximum Gasteiger partial charge on any atom is 0.261 e. The van der Waals surface area contributed by atoms with Crippen molar-refractivity contribution in [1.29, 1.82) is 0 Å². The predicted molar refractivity (Wildman–Crippen MR) is 110 cm³/mol. The van der Waals surface area contributed by atoms with Gasteiger partial charge in [0.2, 0.25) is 5.13 Å². The molecule has 0 radical (unpaired) electrons. The number of aromatic nitrogens is 2. The fourth-order valence-electron chi connectivity index (χ4n) is 3.09. The van der Waals surface area contributed by atoms with E-state index in [-0.39, 0.29) is 17.4 Å². The zero-order valence-corrected chi connectivity index (χ0v) is 16.5. The lowest BCUT2D eigenvalue weighted by atomic mass is 10.1. The first kappa shape index (κ1) is 18.9. The third-order valence-electron chi connectivity index (χ3n) is 4.63. The van der Waals surface area contributed by atoms with Gasteiger partial charge in [-0.25, -0.2) is 0 Å². The van der Waals surface area contributed by atoms with Crippen LogP contribution in [0.3, 0.4) is 0 Å². The van der Waals surface area contributed by atoms with Crippen molar-refractivity contribution in [2.24, 2.45) is 0 Å². The van der Waals surface area contributed by atoms with Gasteiger partial charge in [-0.15, -0.1) is 10.2 Å². The second kappa shape index (κ2) is 7.92. The minimum Gasteiger partial charge on any atom is -0.296 e. The maximum absolute atomic E-state index is 12.6. The van der Waals surface area contributed by atoms with E-state index in [1.54, 1.807) is 6.07 Å². The van der Waals surface area contributed by atoms with Gasteiger partial charge < -0.3 is 0 Å². The molecule has 0 bridgehead atoms. The van der Waals surface area contributed by atoms with Gasteiger partial charge in [-0.3, -0.25) is 24.6 Å². The van der Waals surface area contributed by atoms with Crippen LogP contribution in [-0.4, -0.2) is 39.4 Å². The minimum atomic E-state index is -0.407. The van der Waals surface area contributed by atoms with Gasteiger partial charge >= 0.3 is 0 Å². The highest BCUT2D eigenvalue weighted by Gasteiger charge is 2.35. The van der Waals surface area contributed by atoms with E-state index in [0.717, 1.165) is 18.4 Å². The lowest BCUT2D eigenvalue weighted by molar-refractivity contribution is 0.0652. The topological polar surface area (TPSA) is 92.3 Å². The summed E-state index contributed by atoms with van der Waals surface area (Å²) in [6.45, 7) is 2.38. The zero-order valence-electron chi connectivity index (χ0n) is 15.7. The third kappa shape index (κ3) is 3.66. The molecule has 1 aliphatic rings. The van der Waals surface area contributed by atoms with E-state index in [0.29, 0.717) is 27.8 Å². The van der Waals surface area contributed by atoms with E-state index in [4.69, 9.17) is 0 Å². The van der Waals surface area contributed by atoms with Gasteiger partial charge in [0, 0.05) is 17.7 Å². The van der Waals surface area contributed by atoms with Crippen LogP contribution in [0.25, 0.3) is 10.6 Å². The average molecular weight is 406 g/mol. The predicted octanol–water partition coefficient (Wildman–Crippen LogP) is 3.85. The third-order valence-corrected chi connectivity index (χ3v) is 5.52. The molecule has 0 spiro atoms. The standard InChI is InChI=1S/C21H18N4O3S/c1-2-3-11-25-19(27)15-10-9-14(12-16(15)20(25)28)17(26)22-21-24-23-18(29-21)13-7-5-4-6-8-13/h4-10,12H,2-3,11H2,1H3,(H,22,24,26). The Morgan fingerprint density at radius 3 is 2.55 bits per heavy atom.